The molecule has 0 unspecified atom stereocenters. The molecular weight excluding hydrogens is 410 g/mol. The van der Waals surface area contributed by atoms with Gasteiger partial charge >= 0.3 is 12.1 Å². The van der Waals surface area contributed by atoms with E-state index < -0.39 is 0 Å². The van der Waals surface area contributed by atoms with Gasteiger partial charge in [-0.15, -0.1) is 0 Å². The average molecular weight is 440 g/mol. The van der Waals surface area contributed by atoms with E-state index in [0.717, 1.165) is 38.8 Å². The summed E-state index contributed by atoms with van der Waals surface area (Å²) in [5.74, 6) is 0.364. The molecule has 0 radical (unpaired) electrons. The number of urea groups is 2. The molecule has 4 rings (SSSR count). The molecule has 9 nitrogen and oxygen atoms in total. The van der Waals surface area contributed by atoms with Crippen LogP contribution < -0.4 is 16.0 Å². The van der Waals surface area contributed by atoms with Crippen LogP contribution in [0, 0.1) is 5.92 Å². The van der Waals surface area contributed by atoms with E-state index in [1.165, 1.54) is 0 Å². The van der Waals surface area contributed by atoms with Gasteiger partial charge in [-0.2, -0.15) is 0 Å². The Morgan fingerprint density at radius 2 is 1.59 bits per heavy atom. The molecular formula is C23H29N5O4. The van der Waals surface area contributed by atoms with Crippen LogP contribution in [0.4, 0.5) is 21.0 Å². The minimum Gasteiger partial charge on any atom is -0.467 e. The number of anilines is 2. The number of furan rings is 1. The molecule has 2 saturated heterocycles. The number of nitrogens with zero attached hydrogens (tertiary/aromatic N) is 2. The van der Waals surface area contributed by atoms with E-state index in [-0.39, 0.29) is 23.9 Å². The average Bonchev–Trinajstić information content (AvgIpc) is 3.53. The summed E-state index contributed by atoms with van der Waals surface area (Å²) < 4.78 is 5.18. The number of nitrogens with one attached hydrogen (secondary N) is 3. The van der Waals surface area contributed by atoms with Gasteiger partial charge in [-0.05, 0) is 62.1 Å². The second-order valence-electron chi connectivity index (χ2n) is 8.22. The Hall–Kier alpha value is -3.49. The molecule has 170 valence electrons. The van der Waals surface area contributed by atoms with Crippen molar-refractivity contribution in [2.45, 2.75) is 32.2 Å². The van der Waals surface area contributed by atoms with Gasteiger partial charge < -0.3 is 30.2 Å². The lowest BCUT2D eigenvalue weighted by atomic mass is 9.97. The largest absolute Gasteiger partial charge is 0.467 e. The molecule has 2 aliphatic rings. The van der Waals surface area contributed by atoms with Crippen molar-refractivity contribution in [3.8, 4) is 0 Å². The van der Waals surface area contributed by atoms with E-state index in [2.05, 4.69) is 16.0 Å². The summed E-state index contributed by atoms with van der Waals surface area (Å²) in [4.78, 5) is 41.1. The van der Waals surface area contributed by atoms with Crippen molar-refractivity contribution in [2.75, 3.05) is 36.8 Å². The number of hydrogen-bond acceptors (Lipinski definition) is 4. The Bertz CT molecular complexity index is 922. The van der Waals surface area contributed by atoms with Gasteiger partial charge in [-0.1, -0.05) is 0 Å². The van der Waals surface area contributed by atoms with E-state index in [4.69, 9.17) is 4.42 Å². The van der Waals surface area contributed by atoms with Crippen molar-refractivity contribution < 1.29 is 18.8 Å². The molecule has 32 heavy (non-hydrogen) atoms. The van der Waals surface area contributed by atoms with Gasteiger partial charge in [0.05, 0.1) is 18.7 Å². The van der Waals surface area contributed by atoms with Crippen molar-refractivity contribution in [3.05, 3.63) is 48.4 Å². The minimum atomic E-state index is -0.344. The molecule has 0 saturated carbocycles. The van der Waals surface area contributed by atoms with E-state index in [1.807, 2.05) is 9.80 Å². The number of rotatable bonds is 5. The number of hydrogen-bond donors (Lipinski definition) is 3. The summed E-state index contributed by atoms with van der Waals surface area (Å²) >= 11 is 0. The molecule has 0 aliphatic carbocycles. The first kappa shape index (κ1) is 21.7. The molecule has 2 aliphatic heterocycles. The van der Waals surface area contributed by atoms with Crippen molar-refractivity contribution in [3.63, 3.8) is 0 Å². The summed E-state index contributed by atoms with van der Waals surface area (Å²) in [7, 11) is 0. The fourth-order valence-corrected chi connectivity index (χ4v) is 4.11. The van der Waals surface area contributed by atoms with Crippen LogP contribution in [0.5, 0.6) is 0 Å². The highest BCUT2D eigenvalue weighted by molar-refractivity contribution is 5.94. The Morgan fingerprint density at radius 3 is 2.28 bits per heavy atom. The summed E-state index contributed by atoms with van der Waals surface area (Å²) in [5.41, 5.74) is 1.26. The summed E-state index contributed by atoms with van der Waals surface area (Å²) in [6.45, 7) is 3.09. The zero-order valence-electron chi connectivity index (χ0n) is 18.0. The second kappa shape index (κ2) is 10.2. The standard InChI is InChI=1S/C23H29N5O4/c29-21(17-5-3-13-28(16-17)23(31)27-11-1-2-12-27)25-18-7-9-19(10-8-18)26-22(30)24-15-20-6-4-14-32-20/h4,6-10,14,17H,1-3,5,11-13,15-16H2,(H,25,29)(H2,24,26,30)/t17-/m1/s1. The molecule has 1 atom stereocenters. The summed E-state index contributed by atoms with van der Waals surface area (Å²) in [6, 6.07) is 10.2. The Kier molecular flexibility index (Phi) is 6.94. The van der Waals surface area contributed by atoms with Crippen LogP contribution >= 0.6 is 0 Å². The quantitative estimate of drug-likeness (QED) is 0.663. The molecule has 2 aromatic rings. The Labute approximate surface area is 187 Å². The first-order valence-corrected chi connectivity index (χ1v) is 11.1. The molecule has 3 heterocycles. The number of likely N-dealkylation sites (tertiary alicyclic amines) is 2. The fourth-order valence-electron chi connectivity index (χ4n) is 4.11. The highest BCUT2D eigenvalue weighted by Crippen LogP contribution is 2.22. The van der Waals surface area contributed by atoms with Gasteiger partial charge in [0.15, 0.2) is 0 Å². The number of benzene rings is 1. The highest BCUT2D eigenvalue weighted by Gasteiger charge is 2.31. The number of piperidine rings is 1. The van der Waals surface area contributed by atoms with Gasteiger partial charge in [0, 0.05) is 37.6 Å². The van der Waals surface area contributed by atoms with Crippen LogP contribution in [0.3, 0.4) is 0 Å². The third-order valence-electron chi connectivity index (χ3n) is 5.85. The predicted octanol–water partition coefficient (Wildman–Crippen LogP) is 3.47. The van der Waals surface area contributed by atoms with Crippen LogP contribution in [0.1, 0.15) is 31.4 Å². The highest BCUT2D eigenvalue weighted by atomic mass is 16.3. The third kappa shape index (κ3) is 5.60. The number of amides is 5. The molecule has 0 bridgehead atoms. The lowest BCUT2D eigenvalue weighted by molar-refractivity contribution is -0.121. The molecule has 1 aromatic carbocycles. The third-order valence-corrected chi connectivity index (χ3v) is 5.85. The smallest absolute Gasteiger partial charge is 0.320 e. The summed E-state index contributed by atoms with van der Waals surface area (Å²) in [6.07, 6.45) is 5.26. The Balaban J connectivity index is 1.24. The van der Waals surface area contributed by atoms with Crippen molar-refractivity contribution in [1.82, 2.24) is 15.1 Å². The van der Waals surface area contributed by atoms with Gasteiger partial charge in [0.25, 0.3) is 0 Å². The van der Waals surface area contributed by atoms with Gasteiger partial charge in [0.2, 0.25) is 5.91 Å². The molecule has 1 aromatic heterocycles. The lowest BCUT2D eigenvalue weighted by Gasteiger charge is -2.34. The van der Waals surface area contributed by atoms with Gasteiger partial charge in [-0.3, -0.25) is 4.79 Å². The summed E-state index contributed by atoms with van der Waals surface area (Å²) in [5, 5.41) is 8.38. The van der Waals surface area contributed by atoms with Crippen molar-refractivity contribution in [1.29, 1.82) is 0 Å². The maximum Gasteiger partial charge on any atom is 0.320 e. The van der Waals surface area contributed by atoms with E-state index in [9.17, 15) is 14.4 Å². The van der Waals surface area contributed by atoms with Crippen LogP contribution in [0.15, 0.2) is 47.1 Å². The van der Waals surface area contributed by atoms with Crippen molar-refractivity contribution >= 4 is 29.3 Å². The first-order chi connectivity index (χ1) is 15.6. The van der Waals surface area contributed by atoms with Crippen LogP contribution in [-0.4, -0.2) is 53.9 Å². The number of carbonyl (C=O) groups excluding carboxylic acids is 3. The molecule has 9 heteroatoms. The van der Waals surface area contributed by atoms with Crippen LogP contribution in [0.25, 0.3) is 0 Å². The van der Waals surface area contributed by atoms with Crippen LogP contribution in [0.2, 0.25) is 0 Å². The monoisotopic (exact) mass is 439 g/mol. The number of carbonyl (C=O) groups is 3. The van der Waals surface area contributed by atoms with Crippen LogP contribution in [-0.2, 0) is 11.3 Å². The van der Waals surface area contributed by atoms with Gasteiger partial charge in [0.1, 0.15) is 5.76 Å². The fraction of sp³-hybridized carbons (Fsp3) is 0.435. The zero-order valence-corrected chi connectivity index (χ0v) is 18.0. The molecule has 5 amide bonds. The molecule has 3 N–H and O–H groups in total. The lowest BCUT2D eigenvalue weighted by Crippen LogP contribution is -2.48. The SMILES string of the molecule is O=C(NCc1ccco1)Nc1ccc(NC(=O)[C@@H]2CCCN(C(=O)N3CCCC3)C2)cc1. The van der Waals surface area contributed by atoms with E-state index >= 15 is 0 Å². The molecule has 2 fully saturated rings. The maximum absolute atomic E-state index is 12.8. The first-order valence-electron chi connectivity index (χ1n) is 11.1. The van der Waals surface area contributed by atoms with E-state index in [1.54, 1.807) is 42.7 Å². The van der Waals surface area contributed by atoms with E-state index in [0.29, 0.717) is 36.8 Å². The normalized spacial score (nSPS) is 18.3. The predicted molar refractivity (Wildman–Crippen MR) is 120 cm³/mol. The topological polar surface area (TPSA) is 107 Å². The van der Waals surface area contributed by atoms with Crippen molar-refractivity contribution in [2.24, 2.45) is 5.92 Å². The molecule has 0 spiro atoms. The maximum atomic E-state index is 12.8. The Morgan fingerprint density at radius 1 is 0.906 bits per heavy atom. The van der Waals surface area contributed by atoms with Gasteiger partial charge in [-0.25, -0.2) is 9.59 Å². The second-order valence-corrected chi connectivity index (χ2v) is 8.22. The zero-order chi connectivity index (χ0) is 22.3. The minimum absolute atomic E-state index is 0.0563.